The predicted molar refractivity (Wildman–Crippen MR) is 41.6 cm³/mol. The normalized spacial score (nSPS) is 10.2. The maximum atomic E-state index is 4.11. The van der Waals surface area contributed by atoms with Crippen molar-refractivity contribution >= 4 is 0 Å². The molecule has 0 aliphatic carbocycles. The fourth-order valence-electron chi connectivity index (χ4n) is 0.922. The highest BCUT2D eigenvalue weighted by atomic mass is 15.0. The largest absolute Gasteiger partial charge is 0.335 e. The average molecular weight is 137 g/mol. The first-order valence-electron chi connectivity index (χ1n) is 3.61. The van der Waals surface area contributed by atoms with Gasteiger partial charge in [0, 0.05) is 18.9 Å². The summed E-state index contributed by atoms with van der Waals surface area (Å²) in [6.45, 7) is 6.85. The Morgan fingerprint density at radius 1 is 1.70 bits per heavy atom. The third-order valence-electron chi connectivity index (χ3n) is 1.57. The molecule has 0 saturated carbocycles. The molecule has 55 valence electrons. The number of rotatable bonds is 3. The van der Waals surface area contributed by atoms with Crippen LogP contribution in [0.15, 0.2) is 12.4 Å². The van der Waals surface area contributed by atoms with Crippen molar-refractivity contribution in [3.8, 4) is 0 Å². The summed E-state index contributed by atoms with van der Waals surface area (Å²) in [5.41, 5.74) is 0. The summed E-state index contributed by atoms with van der Waals surface area (Å²) in [7, 11) is 0. The fraction of sp³-hybridized carbons (Fsp3) is 0.500. The highest BCUT2D eigenvalue weighted by molar-refractivity contribution is 4.87. The van der Waals surface area contributed by atoms with Crippen LogP contribution in [0.25, 0.3) is 0 Å². The zero-order valence-electron chi connectivity index (χ0n) is 6.38. The van der Waals surface area contributed by atoms with Crippen molar-refractivity contribution in [2.24, 2.45) is 0 Å². The van der Waals surface area contributed by atoms with E-state index in [1.807, 2.05) is 19.3 Å². The van der Waals surface area contributed by atoms with E-state index < -0.39 is 0 Å². The van der Waals surface area contributed by atoms with Gasteiger partial charge < -0.3 is 4.57 Å². The van der Waals surface area contributed by atoms with Gasteiger partial charge in [0.2, 0.25) is 0 Å². The summed E-state index contributed by atoms with van der Waals surface area (Å²) in [5, 5.41) is 0. The average Bonchev–Trinajstić information content (AvgIpc) is 2.31. The lowest BCUT2D eigenvalue weighted by Crippen LogP contribution is -1.97. The van der Waals surface area contributed by atoms with E-state index in [-0.39, 0.29) is 0 Å². The molecule has 1 aromatic rings. The molecule has 2 nitrogen and oxygen atoms in total. The third kappa shape index (κ3) is 1.59. The van der Waals surface area contributed by atoms with Gasteiger partial charge in [-0.2, -0.15) is 0 Å². The molecule has 1 rings (SSSR count). The first-order chi connectivity index (χ1) is 4.84. The number of imidazole rings is 1. The number of nitrogens with zero attached hydrogens (tertiary/aromatic N) is 2. The third-order valence-corrected chi connectivity index (χ3v) is 1.57. The molecular weight excluding hydrogens is 124 g/mol. The standard InChI is InChI=1S/C8H13N2/c1-3-4-6-10-7-5-9-8(10)2/h5,7H,1,3-4,6H2,2H3. The fourth-order valence-corrected chi connectivity index (χ4v) is 0.922. The van der Waals surface area contributed by atoms with Crippen LogP contribution in [0, 0.1) is 13.8 Å². The van der Waals surface area contributed by atoms with Crippen LogP contribution in [0.3, 0.4) is 0 Å². The topological polar surface area (TPSA) is 17.8 Å². The summed E-state index contributed by atoms with van der Waals surface area (Å²) < 4.78 is 2.14. The van der Waals surface area contributed by atoms with Crippen LogP contribution in [0.4, 0.5) is 0 Å². The van der Waals surface area contributed by atoms with Gasteiger partial charge in [0.25, 0.3) is 0 Å². The first kappa shape index (κ1) is 7.32. The molecule has 0 aromatic carbocycles. The van der Waals surface area contributed by atoms with Gasteiger partial charge in [0.1, 0.15) is 5.82 Å². The first-order valence-corrected chi connectivity index (χ1v) is 3.61. The number of hydrogen-bond donors (Lipinski definition) is 0. The molecule has 1 aromatic heterocycles. The van der Waals surface area contributed by atoms with Crippen LogP contribution in [0.2, 0.25) is 0 Å². The van der Waals surface area contributed by atoms with Gasteiger partial charge in [0.15, 0.2) is 0 Å². The van der Waals surface area contributed by atoms with E-state index >= 15 is 0 Å². The molecule has 2 heteroatoms. The summed E-state index contributed by atoms with van der Waals surface area (Å²) in [6, 6.07) is 0. The van der Waals surface area contributed by atoms with Crippen molar-refractivity contribution in [1.82, 2.24) is 9.55 Å². The highest BCUT2D eigenvalue weighted by Crippen LogP contribution is 1.98. The second-order valence-corrected chi connectivity index (χ2v) is 2.37. The molecular formula is C8H13N2. The Labute approximate surface area is 61.9 Å². The smallest absolute Gasteiger partial charge is 0.105 e. The Balaban J connectivity index is 2.49. The van der Waals surface area contributed by atoms with E-state index in [0.29, 0.717) is 0 Å². The molecule has 0 saturated heterocycles. The Morgan fingerprint density at radius 2 is 2.50 bits per heavy atom. The van der Waals surface area contributed by atoms with Crippen LogP contribution in [-0.2, 0) is 6.54 Å². The summed E-state index contributed by atoms with van der Waals surface area (Å²) in [6.07, 6.45) is 5.97. The van der Waals surface area contributed by atoms with Gasteiger partial charge in [-0.3, -0.25) is 0 Å². The van der Waals surface area contributed by atoms with Gasteiger partial charge in [-0.15, -0.1) is 0 Å². The molecule has 0 spiro atoms. The van der Waals surface area contributed by atoms with Crippen LogP contribution in [0.1, 0.15) is 18.7 Å². The summed E-state index contributed by atoms with van der Waals surface area (Å²) in [5.74, 6) is 1.09. The monoisotopic (exact) mass is 137 g/mol. The number of hydrogen-bond acceptors (Lipinski definition) is 1. The summed E-state index contributed by atoms with van der Waals surface area (Å²) >= 11 is 0. The lowest BCUT2D eigenvalue weighted by atomic mass is 10.3. The van der Waals surface area contributed by atoms with Crippen molar-refractivity contribution in [3.05, 3.63) is 25.1 Å². The molecule has 1 heterocycles. The quantitative estimate of drug-likeness (QED) is 0.621. The molecule has 10 heavy (non-hydrogen) atoms. The van der Waals surface area contributed by atoms with Crippen molar-refractivity contribution in [3.63, 3.8) is 0 Å². The van der Waals surface area contributed by atoms with E-state index in [9.17, 15) is 0 Å². The Bertz CT molecular complexity index is 191. The maximum absolute atomic E-state index is 4.11. The Hall–Kier alpha value is -0.790. The lowest BCUT2D eigenvalue weighted by Gasteiger charge is -2.01. The molecule has 0 amide bonds. The molecule has 0 N–H and O–H groups in total. The number of aryl methyl sites for hydroxylation is 2. The van der Waals surface area contributed by atoms with E-state index in [2.05, 4.69) is 16.5 Å². The molecule has 0 aliphatic rings. The minimum absolute atomic E-state index is 0.998. The number of aromatic nitrogens is 2. The minimum Gasteiger partial charge on any atom is -0.335 e. The predicted octanol–water partition coefficient (Wildman–Crippen LogP) is 1.81. The minimum atomic E-state index is 0.998. The number of unbranched alkanes of at least 4 members (excludes halogenated alkanes) is 1. The van der Waals surface area contributed by atoms with Gasteiger partial charge in [-0.25, -0.2) is 4.98 Å². The zero-order valence-corrected chi connectivity index (χ0v) is 6.38. The van der Waals surface area contributed by atoms with Crippen molar-refractivity contribution in [1.29, 1.82) is 0 Å². The van der Waals surface area contributed by atoms with E-state index in [0.717, 1.165) is 25.2 Å². The van der Waals surface area contributed by atoms with E-state index in [4.69, 9.17) is 0 Å². The second-order valence-electron chi connectivity index (χ2n) is 2.37. The van der Waals surface area contributed by atoms with Gasteiger partial charge in [-0.1, -0.05) is 13.3 Å². The van der Waals surface area contributed by atoms with Crippen molar-refractivity contribution in [2.45, 2.75) is 26.3 Å². The van der Waals surface area contributed by atoms with Crippen LogP contribution < -0.4 is 0 Å². The molecule has 1 radical (unpaired) electrons. The van der Waals surface area contributed by atoms with Crippen molar-refractivity contribution in [2.75, 3.05) is 0 Å². The van der Waals surface area contributed by atoms with Crippen LogP contribution >= 0.6 is 0 Å². The van der Waals surface area contributed by atoms with E-state index in [1.165, 1.54) is 0 Å². The molecule has 0 fully saturated rings. The molecule has 0 bridgehead atoms. The molecule has 0 atom stereocenters. The zero-order chi connectivity index (χ0) is 7.40. The Kier molecular flexibility index (Phi) is 2.49. The van der Waals surface area contributed by atoms with Crippen LogP contribution in [-0.4, -0.2) is 9.55 Å². The summed E-state index contributed by atoms with van der Waals surface area (Å²) in [4.78, 5) is 4.11. The lowest BCUT2D eigenvalue weighted by molar-refractivity contribution is 0.631. The highest BCUT2D eigenvalue weighted by Gasteiger charge is 1.93. The van der Waals surface area contributed by atoms with Gasteiger partial charge in [-0.05, 0) is 13.3 Å². The SMILES string of the molecule is [CH2]CCCn1ccnc1C. The molecule has 0 unspecified atom stereocenters. The maximum Gasteiger partial charge on any atom is 0.105 e. The second kappa shape index (κ2) is 3.40. The van der Waals surface area contributed by atoms with Crippen LogP contribution in [0.5, 0.6) is 0 Å². The molecule has 0 aliphatic heterocycles. The van der Waals surface area contributed by atoms with E-state index in [1.54, 1.807) is 0 Å². The van der Waals surface area contributed by atoms with Gasteiger partial charge in [0.05, 0.1) is 0 Å². The van der Waals surface area contributed by atoms with Gasteiger partial charge >= 0.3 is 0 Å². The van der Waals surface area contributed by atoms with Crippen molar-refractivity contribution < 1.29 is 0 Å². The Morgan fingerprint density at radius 3 is 3.00 bits per heavy atom.